The van der Waals surface area contributed by atoms with Crippen molar-refractivity contribution < 1.29 is 4.92 Å². The largest absolute Gasteiger partial charge is 0.275 e. The minimum Gasteiger partial charge on any atom is -0.275 e. The lowest BCUT2D eigenvalue weighted by molar-refractivity contribution is -0.384. The van der Waals surface area contributed by atoms with Crippen LogP contribution in [-0.4, -0.2) is 27.8 Å². The number of hydrogen-bond donors (Lipinski definition) is 0. The second-order valence-electron chi connectivity index (χ2n) is 4.60. The van der Waals surface area contributed by atoms with Crippen LogP contribution in [0.3, 0.4) is 0 Å². The molecule has 0 unspecified atom stereocenters. The predicted molar refractivity (Wildman–Crippen MR) is 62.9 cm³/mol. The molecule has 0 radical (unpaired) electrons. The van der Waals surface area contributed by atoms with Crippen molar-refractivity contribution in [2.75, 3.05) is 0 Å². The average Bonchev–Trinajstić information content (AvgIpc) is 2.58. The molecule has 0 aliphatic rings. The highest BCUT2D eigenvalue weighted by molar-refractivity contribution is 6.74. The van der Waals surface area contributed by atoms with Crippen LogP contribution in [0, 0.1) is 10.1 Å². The number of non-ortho nitro benzene ring substituents is 1. The Labute approximate surface area is 93.1 Å². The van der Waals surface area contributed by atoms with Crippen molar-refractivity contribution in [3.8, 4) is 0 Å². The number of aromatic nitrogens is 3. The molecule has 7 heteroatoms. The summed E-state index contributed by atoms with van der Waals surface area (Å²) in [5.41, 5.74) is 1.52. The van der Waals surface area contributed by atoms with E-state index in [0.717, 1.165) is 5.52 Å². The number of hydrogen-bond acceptors (Lipinski definition) is 4. The van der Waals surface area contributed by atoms with Crippen LogP contribution in [0.2, 0.25) is 19.6 Å². The summed E-state index contributed by atoms with van der Waals surface area (Å²) in [6.45, 7) is 6.33. The van der Waals surface area contributed by atoms with Gasteiger partial charge in [0.1, 0.15) is 5.52 Å². The summed E-state index contributed by atoms with van der Waals surface area (Å²) in [7, 11) is -1.68. The number of nitrogens with zero attached hydrogens (tertiary/aromatic N) is 4. The monoisotopic (exact) mass is 236 g/mol. The number of fused-ring (bicyclic) bond motifs is 1. The average molecular weight is 236 g/mol. The van der Waals surface area contributed by atoms with Crippen LogP contribution in [0.4, 0.5) is 5.69 Å². The molecule has 1 heterocycles. The highest BCUT2D eigenvalue weighted by atomic mass is 28.3. The minimum atomic E-state index is -1.68. The summed E-state index contributed by atoms with van der Waals surface area (Å²) in [6.07, 6.45) is 0. The van der Waals surface area contributed by atoms with Crippen LogP contribution in [0.25, 0.3) is 11.0 Å². The summed E-state index contributed by atoms with van der Waals surface area (Å²) in [6, 6.07) is 4.62. The summed E-state index contributed by atoms with van der Waals surface area (Å²) in [5, 5.41) is 18.8. The van der Waals surface area contributed by atoms with Crippen molar-refractivity contribution in [2.24, 2.45) is 0 Å². The van der Waals surface area contributed by atoms with Gasteiger partial charge in [-0.15, -0.1) is 5.10 Å². The van der Waals surface area contributed by atoms with Gasteiger partial charge in [0.2, 0.25) is 0 Å². The van der Waals surface area contributed by atoms with Crippen LogP contribution in [-0.2, 0) is 0 Å². The lowest BCUT2D eigenvalue weighted by Crippen LogP contribution is -2.33. The lowest BCUT2D eigenvalue weighted by atomic mass is 10.3. The van der Waals surface area contributed by atoms with Crippen LogP contribution < -0.4 is 0 Å². The summed E-state index contributed by atoms with van der Waals surface area (Å²) < 4.78 is 1.83. The van der Waals surface area contributed by atoms with E-state index in [4.69, 9.17) is 0 Å². The third-order valence-electron chi connectivity index (χ3n) is 2.28. The van der Waals surface area contributed by atoms with Crippen molar-refractivity contribution in [1.29, 1.82) is 0 Å². The Hall–Kier alpha value is -1.76. The molecule has 1 aromatic carbocycles. The Morgan fingerprint density at radius 1 is 1.38 bits per heavy atom. The molecule has 0 N–H and O–H groups in total. The van der Waals surface area contributed by atoms with Gasteiger partial charge in [0, 0.05) is 12.1 Å². The molecule has 0 saturated carbocycles. The van der Waals surface area contributed by atoms with Crippen LogP contribution >= 0.6 is 0 Å². The topological polar surface area (TPSA) is 73.8 Å². The molecule has 0 atom stereocenters. The van der Waals surface area contributed by atoms with E-state index in [1.807, 2.05) is 4.35 Å². The van der Waals surface area contributed by atoms with E-state index in [1.54, 1.807) is 6.07 Å². The molecule has 0 amide bonds. The van der Waals surface area contributed by atoms with Crippen LogP contribution in [0.1, 0.15) is 0 Å². The molecule has 2 aromatic rings. The lowest BCUT2D eigenvalue weighted by Gasteiger charge is -2.16. The summed E-state index contributed by atoms with van der Waals surface area (Å²) >= 11 is 0. The van der Waals surface area contributed by atoms with Crippen molar-refractivity contribution in [2.45, 2.75) is 19.6 Å². The van der Waals surface area contributed by atoms with Gasteiger partial charge in [-0.25, -0.2) is 0 Å². The first kappa shape index (κ1) is 10.7. The number of rotatable bonds is 2. The maximum absolute atomic E-state index is 10.7. The first-order chi connectivity index (χ1) is 7.39. The first-order valence-electron chi connectivity index (χ1n) is 4.90. The van der Waals surface area contributed by atoms with Crippen LogP contribution in [0.15, 0.2) is 18.2 Å². The number of benzene rings is 1. The molecule has 84 valence electrons. The normalized spacial score (nSPS) is 11.9. The third kappa shape index (κ3) is 1.69. The molecule has 1 aromatic heterocycles. The fourth-order valence-electron chi connectivity index (χ4n) is 1.52. The van der Waals surface area contributed by atoms with Gasteiger partial charge >= 0.3 is 0 Å². The molecule has 0 bridgehead atoms. The van der Waals surface area contributed by atoms with Crippen LogP contribution in [0.5, 0.6) is 0 Å². The highest BCUT2D eigenvalue weighted by Crippen LogP contribution is 2.21. The van der Waals surface area contributed by atoms with E-state index in [-0.39, 0.29) is 5.69 Å². The van der Waals surface area contributed by atoms with Crippen molar-refractivity contribution >= 4 is 25.0 Å². The zero-order valence-corrected chi connectivity index (χ0v) is 10.3. The fourth-order valence-corrected chi connectivity index (χ4v) is 2.73. The second-order valence-corrected chi connectivity index (χ2v) is 9.37. The first-order valence-corrected chi connectivity index (χ1v) is 8.34. The molecule has 0 aliphatic heterocycles. The fraction of sp³-hybridized carbons (Fsp3) is 0.333. The van der Waals surface area contributed by atoms with E-state index in [9.17, 15) is 10.1 Å². The predicted octanol–water partition coefficient (Wildman–Crippen LogP) is 2.02. The zero-order valence-electron chi connectivity index (χ0n) is 9.34. The minimum absolute atomic E-state index is 0.0781. The summed E-state index contributed by atoms with van der Waals surface area (Å²) in [4.78, 5) is 10.3. The van der Waals surface area contributed by atoms with Gasteiger partial charge in [0.05, 0.1) is 10.4 Å². The Morgan fingerprint density at radius 3 is 2.62 bits per heavy atom. The number of nitro groups is 1. The Bertz CT molecular complexity index is 558. The van der Waals surface area contributed by atoms with Gasteiger partial charge in [0.25, 0.3) is 5.69 Å². The molecule has 0 aliphatic carbocycles. The van der Waals surface area contributed by atoms with E-state index in [2.05, 4.69) is 30.0 Å². The Morgan fingerprint density at radius 2 is 2.06 bits per heavy atom. The molecule has 0 spiro atoms. The number of nitro benzene ring substituents is 1. The SMILES string of the molecule is C[Si](C)(C)n1nnc2ccc([N+](=O)[O-])cc21. The zero-order chi connectivity index (χ0) is 11.9. The molecule has 6 nitrogen and oxygen atoms in total. The Kier molecular flexibility index (Phi) is 2.27. The molecule has 0 saturated heterocycles. The van der Waals surface area contributed by atoms with E-state index in [0.29, 0.717) is 5.52 Å². The molecular weight excluding hydrogens is 224 g/mol. The van der Waals surface area contributed by atoms with Crippen molar-refractivity contribution in [3.05, 3.63) is 28.3 Å². The van der Waals surface area contributed by atoms with Gasteiger partial charge < -0.3 is 0 Å². The maximum Gasteiger partial charge on any atom is 0.271 e. The van der Waals surface area contributed by atoms with Gasteiger partial charge in [-0.1, -0.05) is 5.21 Å². The summed E-state index contributed by atoms with van der Waals surface area (Å²) in [5.74, 6) is 0. The Balaban J connectivity index is 2.70. The standard InChI is InChI=1S/C9H12N4O2Si/c1-16(2,3)12-9-6-7(13(14)15)4-5-8(9)10-11-12/h4-6H,1-3H3. The van der Waals surface area contributed by atoms with Gasteiger partial charge in [-0.05, 0) is 25.7 Å². The van der Waals surface area contributed by atoms with Crippen molar-refractivity contribution in [1.82, 2.24) is 14.7 Å². The van der Waals surface area contributed by atoms with Gasteiger partial charge in [-0.2, -0.15) is 0 Å². The van der Waals surface area contributed by atoms with E-state index < -0.39 is 13.2 Å². The molecule has 0 fully saturated rings. The highest BCUT2D eigenvalue weighted by Gasteiger charge is 2.22. The van der Waals surface area contributed by atoms with E-state index >= 15 is 0 Å². The second kappa shape index (κ2) is 3.37. The van der Waals surface area contributed by atoms with Gasteiger partial charge in [-0.3, -0.25) is 14.5 Å². The molecule has 16 heavy (non-hydrogen) atoms. The quantitative estimate of drug-likeness (QED) is 0.454. The van der Waals surface area contributed by atoms with Gasteiger partial charge in [0.15, 0.2) is 8.24 Å². The third-order valence-corrected chi connectivity index (χ3v) is 3.88. The van der Waals surface area contributed by atoms with Crippen molar-refractivity contribution in [3.63, 3.8) is 0 Å². The van der Waals surface area contributed by atoms with E-state index in [1.165, 1.54) is 12.1 Å². The molecular formula is C9H12N4O2Si. The smallest absolute Gasteiger partial charge is 0.271 e. The molecule has 2 rings (SSSR count). The maximum atomic E-state index is 10.7.